The maximum absolute atomic E-state index is 7.62. The molecule has 0 saturated heterocycles. The van der Waals surface area contributed by atoms with E-state index in [1.54, 1.807) is 0 Å². The first-order valence-electron chi connectivity index (χ1n) is 1.13. The minimum absolute atomic E-state index is 0. The van der Waals surface area contributed by atoms with Crippen LogP contribution in [0.4, 0.5) is 0 Å². The van der Waals surface area contributed by atoms with Crippen LogP contribution in [0.25, 0.3) is 0 Å². The first kappa shape index (κ1) is 22.5. The smallest absolute Gasteiger partial charge is 1.00 e. The van der Waals surface area contributed by atoms with Crippen molar-refractivity contribution in [1.82, 2.24) is 0 Å². The molecule has 0 aromatic carbocycles. The van der Waals surface area contributed by atoms with Gasteiger partial charge in [0.25, 0.3) is 0 Å². The monoisotopic (exact) mass is 134 g/mol. The number of rotatable bonds is 1. The second-order valence-corrected chi connectivity index (χ2v) is 0.447. The molecule has 0 rings (SSSR count). The SMILES string of the molecule is OCCO.[H-].[H-].[H-].[Na+].[Na+].[Na+]. The van der Waals surface area contributed by atoms with E-state index >= 15 is 0 Å². The van der Waals surface area contributed by atoms with Crippen molar-refractivity contribution < 1.29 is 103 Å². The molecule has 0 atom stereocenters. The Morgan fingerprint density at radius 2 is 1.00 bits per heavy atom. The molecule has 0 heterocycles. The van der Waals surface area contributed by atoms with E-state index in [2.05, 4.69) is 0 Å². The third-order valence-corrected chi connectivity index (χ3v) is 0.1000. The van der Waals surface area contributed by atoms with Crippen LogP contribution in [0.15, 0.2) is 0 Å². The molecule has 0 aliphatic heterocycles. The minimum Gasteiger partial charge on any atom is -1.00 e. The summed E-state index contributed by atoms with van der Waals surface area (Å²) in [6, 6.07) is 0. The molecule has 7 heavy (non-hydrogen) atoms. The van der Waals surface area contributed by atoms with Crippen LogP contribution < -0.4 is 88.7 Å². The standard InChI is InChI=1S/C2H6O2.3Na.3H/c3-1-2-4;;;;;;/h3-4H,1-2H2;;;;;;/q;3*+1;3*-1. The Kier molecular flexibility index (Phi) is 74.4. The van der Waals surface area contributed by atoms with Gasteiger partial charge in [-0.05, 0) is 0 Å². The molecule has 0 radical (unpaired) electrons. The maximum Gasteiger partial charge on any atom is 1.00 e. The van der Waals surface area contributed by atoms with Gasteiger partial charge in [0.2, 0.25) is 0 Å². The third-order valence-electron chi connectivity index (χ3n) is 0.1000. The van der Waals surface area contributed by atoms with Crippen LogP contribution in [0.5, 0.6) is 0 Å². The fraction of sp³-hybridized carbons (Fsp3) is 1.00. The van der Waals surface area contributed by atoms with Crippen molar-refractivity contribution in [2.24, 2.45) is 0 Å². The van der Waals surface area contributed by atoms with E-state index in [1.807, 2.05) is 0 Å². The third kappa shape index (κ3) is 27.8. The summed E-state index contributed by atoms with van der Waals surface area (Å²) in [7, 11) is 0. The van der Waals surface area contributed by atoms with Gasteiger partial charge in [0.1, 0.15) is 0 Å². The minimum atomic E-state index is -0.125. The number of hydrogen-bond acceptors (Lipinski definition) is 2. The van der Waals surface area contributed by atoms with E-state index in [0.717, 1.165) is 0 Å². The van der Waals surface area contributed by atoms with Crippen LogP contribution in [-0.4, -0.2) is 23.4 Å². The van der Waals surface area contributed by atoms with E-state index in [4.69, 9.17) is 10.2 Å². The summed E-state index contributed by atoms with van der Waals surface area (Å²) < 4.78 is 0. The van der Waals surface area contributed by atoms with Gasteiger partial charge in [0.05, 0.1) is 13.2 Å². The van der Waals surface area contributed by atoms with Crippen molar-refractivity contribution in [2.75, 3.05) is 13.2 Å². The zero-order valence-electron chi connectivity index (χ0n) is 8.31. The molecule has 2 nitrogen and oxygen atoms in total. The van der Waals surface area contributed by atoms with Crippen molar-refractivity contribution in [3.05, 3.63) is 0 Å². The van der Waals surface area contributed by atoms with Crippen molar-refractivity contribution in [2.45, 2.75) is 0 Å². The number of hydrogen-bond donors (Lipinski definition) is 2. The van der Waals surface area contributed by atoms with Gasteiger partial charge in [0.15, 0.2) is 0 Å². The van der Waals surface area contributed by atoms with Crippen molar-refractivity contribution in [3.8, 4) is 0 Å². The topological polar surface area (TPSA) is 40.5 Å². The van der Waals surface area contributed by atoms with Gasteiger partial charge >= 0.3 is 88.7 Å². The van der Waals surface area contributed by atoms with Gasteiger partial charge in [-0.25, -0.2) is 0 Å². The van der Waals surface area contributed by atoms with Gasteiger partial charge in [0, 0.05) is 0 Å². The Morgan fingerprint density at radius 3 is 1.00 bits per heavy atom. The Morgan fingerprint density at radius 1 is 0.857 bits per heavy atom. The predicted molar refractivity (Wildman–Crippen MR) is 17.5 cm³/mol. The summed E-state index contributed by atoms with van der Waals surface area (Å²) in [5.41, 5.74) is 0. The van der Waals surface area contributed by atoms with Crippen LogP contribution in [0.2, 0.25) is 0 Å². The Bertz CT molecular complexity index is 21.7. The van der Waals surface area contributed by atoms with Gasteiger partial charge in [-0.3, -0.25) is 0 Å². The van der Waals surface area contributed by atoms with Crippen molar-refractivity contribution in [3.63, 3.8) is 0 Å². The molecule has 0 aliphatic rings. The molecular formula is C2H9Na3O2. The molecule has 0 unspecified atom stereocenters. The molecule has 2 N–H and O–H groups in total. The van der Waals surface area contributed by atoms with Crippen LogP contribution in [-0.2, 0) is 0 Å². The zero-order chi connectivity index (χ0) is 3.41. The largest absolute Gasteiger partial charge is 1.00 e. The van der Waals surface area contributed by atoms with Gasteiger partial charge in [-0.1, -0.05) is 0 Å². The predicted octanol–water partition coefficient (Wildman–Crippen LogP) is -9.68. The van der Waals surface area contributed by atoms with Gasteiger partial charge < -0.3 is 14.5 Å². The summed E-state index contributed by atoms with van der Waals surface area (Å²) >= 11 is 0. The molecule has 0 spiro atoms. The van der Waals surface area contributed by atoms with E-state index in [0.29, 0.717) is 0 Å². The Labute approximate surface area is 114 Å². The van der Waals surface area contributed by atoms with E-state index in [9.17, 15) is 0 Å². The fourth-order valence-electron chi connectivity index (χ4n) is 0. The maximum atomic E-state index is 7.62. The van der Waals surface area contributed by atoms with Crippen LogP contribution in [0.1, 0.15) is 4.28 Å². The van der Waals surface area contributed by atoms with Gasteiger partial charge in [-0.15, -0.1) is 0 Å². The summed E-state index contributed by atoms with van der Waals surface area (Å²) in [5.74, 6) is 0. The summed E-state index contributed by atoms with van der Waals surface area (Å²) in [6.07, 6.45) is 0. The molecule has 0 saturated carbocycles. The van der Waals surface area contributed by atoms with Crippen LogP contribution in [0, 0.1) is 0 Å². The van der Waals surface area contributed by atoms with E-state index in [-0.39, 0.29) is 106 Å². The average Bonchev–Trinajstić information content (AvgIpc) is 1.37. The molecular weight excluding hydrogens is 125 g/mol. The Balaban J connectivity index is -0.00000000300. The number of aliphatic hydroxyl groups is 2. The summed E-state index contributed by atoms with van der Waals surface area (Å²) in [4.78, 5) is 0. The normalized spacial score (nSPS) is 4.29. The second kappa shape index (κ2) is 23.1. The first-order valence-corrected chi connectivity index (χ1v) is 1.13. The Hall–Kier alpha value is 2.92. The molecule has 0 aromatic heterocycles. The van der Waals surface area contributed by atoms with Crippen LogP contribution in [0.3, 0.4) is 0 Å². The fourth-order valence-corrected chi connectivity index (χ4v) is 0. The molecule has 5 heteroatoms. The van der Waals surface area contributed by atoms with E-state index < -0.39 is 0 Å². The first-order chi connectivity index (χ1) is 1.91. The van der Waals surface area contributed by atoms with Crippen LogP contribution >= 0.6 is 0 Å². The molecule has 32 valence electrons. The van der Waals surface area contributed by atoms with Crippen molar-refractivity contribution >= 4 is 0 Å². The molecule has 0 amide bonds. The molecule has 0 aliphatic carbocycles. The van der Waals surface area contributed by atoms with Gasteiger partial charge in [-0.2, -0.15) is 0 Å². The molecule has 0 aromatic rings. The quantitative estimate of drug-likeness (QED) is 0.350. The molecule has 0 fully saturated rings. The average molecular weight is 134 g/mol. The summed E-state index contributed by atoms with van der Waals surface area (Å²) in [6.45, 7) is -0.250. The summed E-state index contributed by atoms with van der Waals surface area (Å²) in [5, 5.41) is 15.2. The van der Waals surface area contributed by atoms with E-state index in [1.165, 1.54) is 0 Å². The van der Waals surface area contributed by atoms with Crippen molar-refractivity contribution in [1.29, 1.82) is 0 Å². The second-order valence-electron chi connectivity index (χ2n) is 0.447. The number of aliphatic hydroxyl groups excluding tert-OH is 2. The zero-order valence-corrected chi connectivity index (χ0v) is 11.3. The molecule has 0 bridgehead atoms.